The first-order chi connectivity index (χ1) is 10.1. The molecule has 2 saturated heterocycles. The number of hydrogen-bond donors (Lipinski definition) is 1. The van der Waals surface area contributed by atoms with Crippen LogP contribution in [0.5, 0.6) is 0 Å². The lowest BCUT2D eigenvalue weighted by atomic mass is 9.92. The average molecular weight is 360 g/mol. The van der Waals surface area contributed by atoms with E-state index in [1.165, 1.54) is 4.90 Å². The number of ether oxygens (including phenoxy) is 2. The van der Waals surface area contributed by atoms with Gasteiger partial charge in [0.25, 0.3) is 0 Å². The summed E-state index contributed by atoms with van der Waals surface area (Å²) in [5.41, 5.74) is 1.000. The smallest absolute Gasteiger partial charge is 0.407 e. The van der Waals surface area contributed by atoms with E-state index in [0.29, 0.717) is 32.7 Å². The molecular formula is C13H18BrN3O4. The first-order valence-corrected chi connectivity index (χ1v) is 7.72. The predicted molar refractivity (Wildman–Crippen MR) is 77.0 cm³/mol. The van der Waals surface area contributed by atoms with E-state index in [2.05, 4.69) is 21.0 Å². The van der Waals surface area contributed by atoms with Crippen LogP contribution in [0.3, 0.4) is 0 Å². The van der Waals surface area contributed by atoms with Crippen molar-refractivity contribution in [2.45, 2.75) is 37.6 Å². The van der Waals surface area contributed by atoms with Crippen LogP contribution in [-0.4, -0.2) is 57.3 Å². The van der Waals surface area contributed by atoms with Gasteiger partial charge in [-0.15, -0.1) is 0 Å². The highest BCUT2D eigenvalue weighted by molar-refractivity contribution is 9.10. The molecule has 2 aliphatic rings. The molecule has 0 saturated carbocycles. The van der Waals surface area contributed by atoms with E-state index in [1.807, 2.05) is 7.05 Å². The van der Waals surface area contributed by atoms with Gasteiger partial charge in [-0.1, -0.05) is 0 Å². The molecule has 21 heavy (non-hydrogen) atoms. The fraction of sp³-hybridized carbons (Fsp3) is 0.692. The second-order valence-corrected chi connectivity index (χ2v) is 6.27. The lowest BCUT2D eigenvalue weighted by Crippen LogP contribution is -2.60. The summed E-state index contributed by atoms with van der Waals surface area (Å²) >= 11 is 3.47. The Kier molecular flexibility index (Phi) is 4.19. The molecule has 2 bridgehead atoms. The largest absolute Gasteiger partial charge is 0.465 e. The number of hydrogen-bond acceptors (Lipinski definition) is 4. The summed E-state index contributed by atoms with van der Waals surface area (Å²) in [6.07, 6.45) is 2.34. The number of amides is 1. The normalized spacial score (nSPS) is 28.7. The molecule has 3 atom stereocenters. The molecule has 0 aliphatic carbocycles. The highest BCUT2D eigenvalue weighted by Gasteiger charge is 2.42. The molecule has 1 N–H and O–H groups in total. The Morgan fingerprint density at radius 1 is 1.52 bits per heavy atom. The summed E-state index contributed by atoms with van der Waals surface area (Å²) in [6, 6.07) is -0.199. The van der Waals surface area contributed by atoms with E-state index in [0.717, 1.165) is 10.2 Å². The number of carboxylic acid groups (broad SMARTS) is 1. The molecule has 2 aliphatic heterocycles. The van der Waals surface area contributed by atoms with Gasteiger partial charge in [-0.25, -0.2) is 4.79 Å². The molecule has 1 unspecified atom stereocenters. The zero-order valence-electron chi connectivity index (χ0n) is 11.7. The third-order valence-electron chi connectivity index (χ3n) is 4.11. The fourth-order valence-electron chi connectivity index (χ4n) is 3.09. The van der Waals surface area contributed by atoms with Gasteiger partial charge in [0.2, 0.25) is 0 Å². The van der Waals surface area contributed by atoms with E-state index < -0.39 is 6.09 Å². The van der Waals surface area contributed by atoms with Crippen LogP contribution in [0.1, 0.15) is 18.4 Å². The zero-order chi connectivity index (χ0) is 15.0. The van der Waals surface area contributed by atoms with Gasteiger partial charge in [0.15, 0.2) is 0 Å². The number of halogens is 1. The number of aromatic nitrogens is 2. The Labute approximate surface area is 130 Å². The maximum atomic E-state index is 11.3. The van der Waals surface area contributed by atoms with Gasteiger partial charge >= 0.3 is 6.09 Å². The van der Waals surface area contributed by atoms with Crippen molar-refractivity contribution in [3.63, 3.8) is 0 Å². The van der Waals surface area contributed by atoms with Crippen molar-refractivity contribution in [1.82, 2.24) is 14.7 Å². The highest BCUT2D eigenvalue weighted by atomic mass is 79.9. The molecule has 3 heterocycles. The Hall–Kier alpha value is -1.12. The Bertz CT molecular complexity index is 521. The van der Waals surface area contributed by atoms with Gasteiger partial charge in [0.05, 0.1) is 44.2 Å². The molecule has 8 heteroatoms. The van der Waals surface area contributed by atoms with E-state index in [-0.39, 0.29) is 18.2 Å². The zero-order valence-corrected chi connectivity index (χ0v) is 13.3. The molecule has 7 nitrogen and oxygen atoms in total. The Morgan fingerprint density at radius 2 is 2.19 bits per heavy atom. The van der Waals surface area contributed by atoms with Crippen molar-refractivity contribution in [1.29, 1.82) is 0 Å². The number of fused-ring (bicyclic) bond motifs is 2. The number of carbonyl (C=O) groups is 1. The topological polar surface area (TPSA) is 76.8 Å². The SMILES string of the molecule is Cn1ncc(COC2C[C@H]3COC[C@@H](C2)N3C(=O)O)c1Br. The van der Waals surface area contributed by atoms with Crippen LogP contribution in [-0.2, 0) is 23.1 Å². The molecule has 1 amide bonds. The summed E-state index contributed by atoms with van der Waals surface area (Å²) in [4.78, 5) is 12.8. The van der Waals surface area contributed by atoms with Gasteiger partial charge in [0, 0.05) is 12.6 Å². The lowest BCUT2D eigenvalue weighted by Gasteiger charge is -2.46. The molecule has 0 radical (unpaired) electrons. The van der Waals surface area contributed by atoms with Gasteiger partial charge in [-0.3, -0.25) is 9.58 Å². The minimum absolute atomic E-state index is 0.0617. The van der Waals surface area contributed by atoms with E-state index in [9.17, 15) is 9.90 Å². The molecule has 116 valence electrons. The maximum Gasteiger partial charge on any atom is 0.407 e. The van der Waals surface area contributed by atoms with Crippen molar-refractivity contribution in [3.05, 3.63) is 16.4 Å². The summed E-state index contributed by atoms with van der Waals surface area (Å²) < 4.78 is 14.1. The van der Waals surface area contributed by atoms with Gasteiger partial charge < -0.3 is 14.6 Å². The van der Waals surface area contributed by atoms with Crippen LogP contribution in [0.15, 0.2) is 10.8 Å². The maximum absolute atomic E-state index is 11.3. The monoisotopic (exact) mass is 359 g/mol. The van der Waals surface area contributed by atoms with Crippen molar-refractivity contribution < 1.29 is 19.4 Å². The molecule has 2 fully saturated rings. The van der Waals surface area contributed by atoms with Crippen molar-refractivity contribution >= 4 is 22.0 Å². The summed E-state index contributed by atoms with van der Waals surface area (Å²) in [6.45, 7) is 1.39. The summed E-state index contributed by atoms with van der Waals surface area (Å²) in [7, 11) is 1.86. The summed E-state index contributed by atoms with van der Waals surface area (Å²) in [5, 5.41) is 13.4. The van der Waals surface area contributed by atoms with E-state index in [1.54, 1.807) is 10.9 Å². The first-order valence-electron chi connectivity index (χ1n) is 6.93. The van der Waals surface area contributed by atoms with Crippen LogP contribution >= 0.6 is 15.9 Å². The van der Waals surface area contributed by atoms with Crippen LogP contribution in [0.25, 0.3) is 0 Å². The number of rotatable bonds is 3. The first kappa shape index (κ1) is 14.8. The number of morpholine rings is 1. The molecule has 3 rings (SSSR count). The molecule has 0 aromatic carbocycles. The van der Waals surface area contributed by atoms with Crippen LogP contribution in [0.2, 0.25) is 0 Å². The van der Waals surface area contributed by atoms with Gasteiger partial charge in [0.1, 0.15) is 4.60 Å². The number of aryl methyl sites for hydroxylation is 1. The third-order valence-corrected chi connectivity index (χ3v) is 5.13. The lowest BCUT2D eigenvalue weighted by molar-refractivity contribution is -0.109. The molecular weight excluding hydrogens is 342 g/mol. The molecule has 0 spiro atoms. The quantitative estimate of drug-likeness (QED) is 0.886. The van der Waals surface area contributed by atoms with Crippen LogP contribution < -0.4 is 0 Å². The highest BCUT2D eigenvalue weighted by Crippen LogP contribution is 2.30. The van der Waals surface area contributed by atoms with E-state index in [4.69, 9.17) is 9.47 Å². The molecule has 1 aromatic heterocycles. The van der Waals surface area contributed by atoms with E-state index >= 15 is 0 Å². The average Bonchev–Trinajstić information content (AvgIpc) is 2.75. The Balaban J connectivity index is 1.61. The van der Waals surface area contributed by atoms with Crippen LogP contribution in [0.4, 0.5) is 4.79 Å². The fourth-order valence-corrected chi connectivity index (χ4v) is 3.39. The minimum atomic E-state index is -0.859. The van der Waals surface area contributed by atoms with Gasteiger partial charge in [-0.2, -0.15) is 5.10 Å². The Morgan fingerprint density at radius 3 is 2.71 bits per heavy atom. The minimum Gasteiger partial charge on any atom is -0.465 e. The van der Waals surface area contributed by atoms with Crippen molar-refractivity contribution in [2.75, 3.05) is 13.2 Å². The molecule has 1 aromatic rings. The predicted octanol–water partition coefficient (Wildman–Crippen LogP) is 1.61. The second-order valence-electron chi connectivity index (χ2n) is 5.52. The van der Waals surface area contributed by atoms with Crippen molar-refractivity contribution in [2.24, 2.45) is 7.05 Å². The van der Waals surface area contributed by atoms with Gasteiger partial charge in [-0.05, 0) is 28.8 Å². The third kappa shape index (κ3) is 2.93. The second kappa shape index (κ2) is 5.94. The van der Waals surface area contributed by atoms with Crippen molar-refractivity contribution in [3.8, 4) is 0 Å². The standard InChI is InChI=1S/C13H18BrN3O4/c1-16-12(14)8(4-15-16)5-21-11-2-9-6-20-7-10(3-11)17(9)13(18)19/h4,9-11H,2-3,5-7H2,1H3,(H,18,19)/t9-,10+,11?. The number of nitrogens with zero attached hydrogens (tertiary/aromatic N) is 3. The number of piperidine rings is 1. The summed E-state index contributed by atoms with van der Waals surface area (Å²) in [5.74, 6) is 0. The van der Waals surface area contributed by atoms with Crippen LogP contribution in [0, 0.1) is 0 Å².